The highest BCUT2D eigenvalue weighted by Crippen LogP contribution is 2.44. The first-order valence-electron chi connectivity index (χ1n) is 15.5. The van der Waals surface area contributed by atoms with Gasteiger partial charge in [0.2, 0.25) is 11.8 Å². The molecule has 2 aliphatic heterocycles. The minimum atomic E-state index is 0.143. The molecule has 0 N–H and O–H groups in total. The van der Waals surface area contributed by atoms with Gasteiger partial charge in [-0.15, -0.1) is 0 Å². The van der Waals surface area contributed by atoms with Gasteiger partial charge in [-0.3, -0.25) is 19.6 Å². The largest absolute Gasteiger partial charge is 0.312 e. The van der Waals surface area contributed by atoms with E-state index in [1.165, 1.54) is 0 Å². The zero-order valence-electron chi connectivity index (χ0n) is 24.7. The van der Waals surface area contributed by atoms with E-state index in [0.29, 0.717) is 25.9 Å². The topological polar surface area (TPSA) is 66.4 Å². The van der Waals surface area contributed by atoms with E-state index >= 15 is 0 Å². The zero-order valence-corrected chi connectivity index (χ0v) is 24.7. The van der Waals surface area contributed by atoms with Crippen LogP contribution in [-0.2, 0) is 9.59 Å². The number of pyridine rings is 2. The molecule has 218 valence electrons. The van der Waals surface area contributed by atoms with Crippen molar-refractivity contribution in [3.63, 3.8) is 0 Å². The second-order valence-corrected chi connectivity index (χ2v) is 11.5. The quantitative estimate of drug-likeness (QED) is 0.204. The zero-order chi connectivity index (χ0) is 29.9. The van der Waals surface area contributed by atoms with Gasteiger partial charge in [0.15, 0.2) is 0 Å². The standard InChI is InChI=1S/C38H34N4O2/c43-37-9-1-3-21-41(37)35-23-34(30-17-13-28(14-18-30)32-8-6-20-40-26-32)36(42-22-4-2-10-38(42)44)24-33(35)29-15-11-27(12-16-29)31-7-5-19-39-25-31/h5-8,11-20,23-26H,1-4,9-10,21-22H2. The molecule has 0 spiro atoms. The number of nitrogens with zero attached hydrogens (tertiary/aromatic N) is 4. The van der Waals surface area contributed by atoms with Crippen molar-refractivity contribution in [2.24, 2.45) is 0 Å². The van der Waals surface area contributed by atoms with E-state index in [1.807, 2.05) is 46.5 Å². The Morgan fingerprint density at radius 3 is 1.25 bits per heavy atom. The third-order valence-corrected chi connectivity index (χ3v) is 8.72. The summed E-state index contributed by atoms with van der Waals surface area (Å²) in [5, 5.41) is 0. The van der Waals surface area contributed by atoms with Crippen molar-refractivity contribution in [2.45, 2.75) is 38.5 Å². The lowest BCUT2D eigenvalue weighted by molar-refractivity contribution is -0.120. The second-order valence-electron chi connectivity index (χ2n) is 11.5. The van der Waals surface area contributed by atoms with Gasteiger partial charge in [0, 0.05) is 61.8 Å². The first-order chi connectivity index (χ1) is 21.7. The first-order valence-corrected chi connectivity index (χ1v) is 15.5. The Morgan fingerprint density at radius 2 is 0.886 bits per heavy atom. The average molecular weight is 579 g/mol. The van der Waals surface area contributed by atoms with E-state index in [9.17, 15) is 9.59 Å². The van der Waals surface area contributed by atoms with Crippen molar-refractivity contribution in [3.05, 3.63) is 110 Å². The van der Waals surface area contributed by atoms with Gasteiger partial charge in [0.25, 0.3) is 0 Å². The van der Waals surface area contributed by atoms with Crippen LogP contribution in [0, 0.1) is 0 Å². The fraction of sp³-hybridized carbons (Fsp3) is 0.211. The van der Waals surface area contributed by atoms with Gasteiger partial charge in [-0.2, -0.15) is 0 Å². The Morgan fingerprint density at radius 1 is 0.477 bits per heavy atom. The van der Waals surface area contributed by atoms with Crippen molar-refractivity contribution in [1.82, 2.24) is 9.97 Å². The van der Waals surface area contributed by atoms with Crippen LogP contribution in [0.5, 0.6) is 0 Å². The highest BCUT2D eigenvalue weighted by Gasteiger charge is 2.28. The molecule has 2 amide bonds. The number of aromatic nitrogens is 2. The molecule has 0 radical (unpaired) electrons. The summed E-state index contributed by atoms with van der Waals surface area (Å²) in [6.45, 7) is 1.36. The highest BCUT2D eigenvalue weighted by molar-refractivity contribution is 6.05. The summed E-state index contributed by atoms with van der Waals surface area (Å²) in [6, 6.07) is 29.1. The Balaban J connectivity index is 1.39. The maximum Gasteiger partial charge on any atom is 0.226 e. The lowest BCUT2D eigenvalue weighted by atomic mass is 9.92. The molecule has 6 nitrogen and oxygen atoms in total. The number of hydrogen-bond acceptors (Lipinski definition) is 4. The molecule has 2 fully saturated rings. The SMILES string of the molecule is O=C1CCCCN1c1cc(-c2ccc(-c3cccnc3)cc2)c(N2CCCCC2=O)cc1-c1ccc(-c2cccnc2)cc1. The van der Waals surface area contributed by atoms with Crippen LogP contribution in [-0.4, -0.2) is 34.9 Å². The molecule has 5 aromatic rings. The second kappa shape index (κ2) is 12.3. The van der Waals surface area contributed by atoms with Gasteiger partial charge in [-0.25, -0.2) is 0 Å². The molecule has 2 saturated heterocycles. The number of piperidine rings is 2. The van der Waals surface area contributed by atoms with E-state index in [1.54, 1.807) is 12.4 Å². The molecule has 0 unspecified atom stereocenters. The molecule has 0 bridgehead atoms. The van der Waals surface area contributed by atoms with Crippen molar-refractivity contribution >= 4 is 23.2 Å². The van der Waals surface area contributed by atoms with Crippen molar-refractivity contribution in [2.75, 3.05) is 22.9 Å². The summed E-state index contributed by atoms with van der Waals surface area (Å²) in [6.07, 6.45) is 12.1. The third-order valence-electron chi connectivity index (χ3n) is 8.72. The third kappa shape index (κ3) is 5.51. The smallest absolute Gasteiger partial charge is 0.226 e. The molecule has 44 heavy (non-hydrogen) atoms. The highest BCUT2D eigenvalue weighted by atomic mass is 16.2. The molecular formula is C38H34N4O2. The van der Waals surface area contributed by atoms with Gasteiger partial charge in [0.1, 0.15) is 0 Å². The molecule has 6 heteroatoms. The molecular weight excluding hydrogens is 544 g/mol. The van der Waals surface area contributed by atoms with Crippen molar-refractivity contribution in [3.8, 4) is 44.5 Å². The van der Waals surface area contributed by atoms with E-state index in [4.69, 9.17) is 0 Å². The lowest BCUT2D eigenvalue weighted by Gasteiger charge is -2.33. The molecule has 2 aromatic heterocycles. The molecule has 2 aliphatic rings. The minimum absolute atomic E-state index is 0.143. The predicted octanol–water partition coefficient (Wildman–Crippen LogP) is 8.18. The maximum atomic E-state index is 13.4. The molecule has 3 aromatic carbocycles. The van der Waals surface area contributed by atoms with Crippen LogP contribution in [0.25, 0.3) is 44.5 Å². The van der Waals surface area contributed by atoms with Gasteiger partial charge in [-0.05, 0) is 83.3 Å². The van der Waals surface area contributed by atoms with Crippen LogP contribution in [0.2, 0.25) is 0 Å². The summed E-state index contributed by atoms with van der Waals surface area (Å²) >= 11 is 0. The number of hydrogen-bond donors (Lipinski definition) is 0. The lowest BCUT2D eigenvalue weighted by Crippen LogP contribution is -2.37. The van der Waals surface area contributed by atoms with Crippen LogP contribution in [0.4, 0.5) is 11.4 Å². The van der Waals surface area contributed by atoms with Crippen LogP contribution in [0.1, 0.15) is 38.5 Å². The average Bonchev–Trinajstić information content (AvgIpc) is 3.09. The fourth-order valence-corrected chi connectivity index (χ4v) is 6.36. The Labute approximate surface area is 258 Å². The summed E-state index contributed by atoms with van der Waals surface area (Å²) in [4.78, 5) is 39.1. The van der Waals surface area contributed by atoms with Gasteiger partial charge >= 0.3 is 0 Å². The normalized spacial score (nSPS) is 15.5. The summed E-state index contributed by atoms with van der Waals surface area (Å²) in [5.41, 5.74) is 9.98. The van der Waals surface area contributed by atoms with Crippen LogP contribution >= 0.6 is 0 Å². The molecule has 4 heterocycles. The summed E-state index contributed by atoms with van der Waals surface area (Å²) < 4.78 is 0. The van der Waals surface area contributed by atoms with Crippen LogP contribution in [0.15, 0.2) is 110 Å². The first kappa shape index (κ1) is 27.7. The number of benzene rings is 3. The van der Waals surface area contributed by atoms with E-state index < -0.39 is 0 Å². The maximum absolute atomic E-state index is 13.4. The van der Waals surface area contributed by atoms with E-state index in [-0.39, 0.29) is 11.8 Å². The Bertz CT molecular complexity index is 1650. The summed E-state index contributed by atoms with van der Waals surface area (Å²) in [5.74, 6) is 0.285. The monoisotopic (exact) mass is 578 g/mol. The molecule has 0 saturated carbocycles. The Hall–Kier alpha value is -5.10. The molecule has 0 aliphatic carbocycles. The molecule has 7 rings (SSSR count). The molecule has 0 atom stereocenters. The van der Waals surface area contributed by atoms with Crippen molar-refractivity contribution < 1.29 is 9.59 Å². The minimum Gasteiger partial charge on any atom is -0.312 e. The van der Waals surface area contributed by atoms with E-state index in [0.717, 1.165) is 81.6 Å². The van der Waals surface area contributed by atoms with Gasteiger partial charge in [0.05, 0.1) is 11.4 Å². The van der Waals surface area contributed by atoms with E-state index in [2.05, 4.69) is 70.6 Å². The number of amides is 2. The van der Waals surface area contributed by atoms with Crippen molar-refractivity contribution in [1.29, 1.82) is 0 Å². The summed E-state index contributed by atoms with van der Waals surface area (Å²) in [7, 11) is 0. The number of anilines is 2. The predicted molar refractivity (Wildman–Crippen MR) is 176 cm³/mol. The fourth-order valence-electron chi connectivity index (χ4n) is 6.36. The number of carbonyl (C=O) groups excluding carboxylic acids is 2. The van der Waals surface area contributed by atoms with Crippen LogP contribution < -0.4 is 9.80 Å². The Kier molecular flexibility index (Phi) is 7.72. The van der Waals surface area contributed by atoms with Gasteiger partial charge in [-0.1, -0.05) is 60.7 Å². The van der Waals surface area contributed by atoms with Gasteiger partial charge < -0.3 is 9.80 Å². The number of carbonyl (C=O) groups is 2. The number of rotatable bonds is 6. The van der Waals surface area contributed by atoms with Crippen LogP contribution in [0.3, 0.4) is 0 Å².